The van der Waals surface area contributed by atoms with E-state index in [4.69, 9.17) is 10.5 Å². The van der Waals surface area contributed by atoms with Gasteiger partial charge >= 0.3 is 0 Å². The average molecular weight is 354 g/mol. The van der Waals surface area contributed by atoms with E-state index in [2.05, 4.69) is 21.3 Å². The van der Waals surface area contributed by atoms with Crippen LogP contribution in [0, 0.1) is 5.82 Å². The summed E-state index contributed by atoms with van der Waals surface area (Å²) in [6, 6.07) is 9.29. The SMILES string of the molecule is COc1cccc(F)c1C1=CNC(c2ccc(N3CC[C@@H](N)C3)cn2)C1. The van der Waals surface area contributed by atoms with Gasteiger partial charge in [-0.05, 0) is 36.3 Å². The number of nitrogens with one attached hydrogen (secondary N) is 1. The molecule has 2 atom stereocenters. The molecule has 6 heteroatoms. The smallest absolute Gasteiger partial charge is 0.134 e. The van der Waals surface area contributed by atoms with Crippen LogP contribution in [0.5, 0.6) is 5.75 Å². The molecular formula is C20H23FN4O. The maximum absolute atomic E-state index is 14.3. The highest BCUT2D eigenvalue weighted by Crippen LogP contribution is 2.37. The van der Waals surface area contributed by atoms with Crippen LogP contribution in [0.4, 0.5) is 10.1 Å². The molecule has 1 aromatic heterocycles. The summed E-state index contributed by atoms with van der Waals surface area (Å²) in [5.74, 6) is 0.277. The van der Waals surface area contributed by atoms with Crippen LogP contribution in [0.3, 0.4) is 0 Å². The first-order chi connectivity index (χ1) is 12.7. The topological polar surface area (TPSA) is 63.4 Å². The summed E-state index contributed by atoms with van der Waals surface area (Å²) in [7, 11) is 1.56. The van der Waals surface area contributed by atoms with Crippen molar-refractivity contribution in [2.24, 2.45) is 5.73 Å². The number of hydrogen-bond donors (Lipinski definition) is 2. The number of ether oxygens (including phenoxy) is 1. The molecule has 0 bridgehead atoms. The number of benzene rings is 1. The number of nitrogens with zero attached hydrogens (tertiary/aromatic N) is 2. The molecule has 3 N–H and O–H groups in total. The number of methoxy groups -OCH3 is 1. The molecule has 1 saturated heterocycles. The quantitative estimate of drug-likeness (QED) is 0.884. The Morgan fingerprint density at radius 3 is 2.88 bits per heavy atom. The summed E-state index contributed by atoms with van der Waals surface area (Å²) in [4.78, 5) is 6.88. The van der Waals surface area contributed by atoms with E-state index < -0.39 is 0 Å². The Morgan fingerprint density at radius 2 is 2.19 bits per heavy atom. The van der Waals surface area contributed by atoms with Crippen molar-refractivity contribution in [2.45, 2.75) is 24.9 Å². The molecule has 2 aliphatic heterocycles. The molecule has 0 spiro atoms. The number of halogens is 1. The zero-order chi connectivity index (χ0) is 18.1. The third-order valence-corrected chi connectivity index (χ3v) is 5.12. The minimum absolute atomic E-state index is 0.0317. The Hall–Kier alpha value is -2.60. The van der Waals surface area contributed by atoms with Crippen LogP contribution in [-0.4, -0.2) is 31.2 Å². The number of hydrogen-bond acceptors (Lipinski definition) is 5. The van der Waals surface area contributed by atoms with Gasteiger partial charge in [-0.15, -0.1) is 0 Å². The van der Waals surface area contributed by atoms with Crippen molar-refractivity contribution >= 4 is 11.3 Å². The molecule has 2 aliphatic rings. The number of pyridine rings is 1. The van der Waals surface area contributed by atoms with Gasteiger partial charge in [-0.3, -0.25) is 4.98 Å². The first-order valence-electron chi connectivity index (χ1n) is 8.90. The largest absolute Gasteiger partial charge is 0.496 e. The maximum atomic E-state index is 14.3. The van der Waals surface area contributed by atoms with Crippen LogP contribution in [-0.2, 0) is 0 Å². The van der Waals surface area contributed by atoms with Gasteiger partial charge in [0.05, 0.1) is 36.3 Å². The molecule has 1 aromatic carbocycles. The van der Waals surface area contributed by atoms with Gasteiger partial charge in [-0.25, -0.2) is 4.39 Å². The number of nitrogens with two attached hydrogens (primary N) is 1. The van der Waals surface area contributed by atoms with Gasteiger partial charge in [0, 0.05) is 31.8 Å². The van der Waals surface area contributed by atoms with Crippen molar-refractivity contribution in [1.29, 1.82) is 0 Å². The molecule has 1 unspecified atom stereocenters. The zero-order valence-electron chi connectivity index (χ0n) is 14.8. The summed E-state index contributed by atoms with van der Waals surface area (Å²) in [5, 5.41) is 3.32. The molecule has 26 heavy (non-hydrogen) atoms. The molecule has 136 valence electrons. The monoisotopic (exact) mass is 354 g/mol. The summed E-state index contributed by atoms with van der Waals surface area (Å²) < 4.78 is 19.6. The minimum Gasteiger partial charge on any atom is -0.496 e. The van der Waals surface area contributed by atoms with Crippen molar-refractivity contribution in [1.82, 2.24) is 10.3 Å². The number of anilines is 1. The molecule has 2 aromatic rings. The third kappa shape index (κ3) is 3.12. The van der Waals surface area contributed by atoms with Crippen molar-refractivity contribution in [3.63, 3.8) is 0 Å². The van der Waals surface area contributed by atoms with Crippen molar-refractivity contribution in [3.8, 4) is 5.75 Å². The van der Waals surface area contributed by atoms with E-state index >= 15 is 0 Å². The molecule has 1 fully saturated rings. The summed E-state index contributed by atoms with van der Waals surface area (Å²) in [5.41, 5.74) is 9.43. The van der Waals surface area contributed by atoms with Crippen LogP contribution in [0.25, 0.3) is 5.57 Å². The minimum atomic E-state index is -0.272. The van der Waals surface area contributed by atoms with E-state index in [1.807, 2.05) is 18.5 Å². The van der Waals surface area contributed by atoms with Crippen molar-refractivity contribution in [2.75, 3.05) is 25.1 Å². The predicted molar refractivity (Wildman–Crippen MR) is 100 cm³/mol. The Morgan fingerprint density at radius 1 is 1.31 bits per heavy atom. The summed E-state index contributed by atoms with van der Waals surface area (Å²) in [6.45, 7) is 1.85. The maximum Gasteiger partial charge on any atom is 0.134 e. The molecule has 0 amide bonds. The first kappa shape index (κ1) is 16.8. The zero-order valence-corrected chi connectivity index (χ0v) is 14.8. The Bertz CT molecular complexity index is 821. The Kier molecular flexibility index (Phi) is 4.51. The second-order valence-electron chi connectivity index (χ2n) is 6.85. The van der Waals surface area contributed by atoms with Gasteiger partial charge in [0.1, 0.15) is 11.6 Å². The number of rotatable bonds is 4. The first-order valence-corrected chi connectivity index (χ1v) is 8.90. The lowest BCUT2D eigenvalue weighted by atomic mass is 9.99. The van der Waals surface area contributed by atoms with Gasteiger partial charge in [-0.2, -0.15) is 0 Å². The molecule has 0 radical (unpaired) electrons. The van der Waals surface area contributed by atoms with E-state index in [1.54, 1.807) is 19.2 Å². The highest BCUT2D eigenvalue weighted by atomic mass is 19.1. The molecule has 0 aliphatic carbocycles. The van der Waals surface area contributed by atoms with E-state index in [1.165, 1.54) is 6.07 Å². The van der Waals surface area contributed by atoms with Gasteiger partial charge in [0.15, 0.2) is 0 Å². The van der Waals surface area contributed by atoms with Crippen molar-refractivity contribution < 1.29 is 9.13 Å². The predicted octanol–water partition coefficient (Wildman–Crippen LogP) is 2.84. The lowest BCUT2D eigenvalue weighted by Gasteiger charge is -2.19. The fraction of sp³-hybridized carbons (Fsp3) is 0.350. The summed E-state index contributed by atoms with van der Waals surface area (Å²) in [6.07, 6.45) is 5.44. The third-order valence-electron chi connectivity index (χ3n) is 5.12. The summed E-state index contributed by atoms with van der Waals surface area (Å²) >= 11 is 0. The molecule has 4 rings (SSSR count). The van der Waals surface area contributed by atoms with E-state index in [0.29, 0.717) is 17.7 Å². The van der Waals surface area contributed by atoms with Crippen LogP contribution >= 0.6 is 0 Å². The fourth-order valence-electron chi connectivity index (χ4n) is 3.70. The second kappa shape index (κ2) is 6.96. The standard InChI is InChI=1S/C20H23FN4O/c1-26-19-4-2-3-16(21)20(19)13-9-18(23-10-13)17-6-5-15(11-24-17)25-8-7-14(22)12-25/h2-6,10-11,14,18,23H,7-9,12,22H2,1H3/t14-,18?/m1/s1. The Labute approximate surface area is 152 Å². The normalized spacial score (nSPS) is 22.3. The molecular weight excluding hydrogens is 331 g/mol. The Balaban J connectivity index is 1.49. The highest BCUT2D eigenvalue weighted by molar-refractivity contribution is 5.73. The molecule has 5 nitrogen and oxygen atoms in total. The van der Waals surface area contributed by atoms with Crippen LogP contribution < -0.4 is 20.7 Å². The van der Waals surface area contributed by atoms with Gasteiger partial charge < -0.3 is 20.7 Å². The molecule has 0 saturated carbocycles. The molecule has 3 heterocycles. The fourth-order valence-corrected chi connectivity index (χ4v) is 3.70. The van der Waals surface area contributed by atoms with Crippen LogP contribution in [0.1, 0.15) is 30.1 Å². The van der Waals surface area contributed by atoms with Crippen LogP contribution in [0.15, 0.2) is 42.7 Å². The van der Waals surface area contributed by atoms with Gasteiger partial charge in [-0.1, -0.05) is 6.07 Å². The van der Waals surface area contributed by atoms with Gasteiger partial charge in [0.2, 0.25) is 0 Å². The van der Waals surface area contributed by atoms with E-state index in [9.17, 15) is 4.39 Å². The average Bonchev–Trinajstić information content (AvgIpc) is 3.31. The van der Waals surface area contributed by atoms with E-state index in [-0.39, 0.29) is 17.9 Å². The lowest BCUT2D eigenvalue weighted by molar-refractivity contribution is 0.409. The van der Waals surface area contributed by atoms with E-state index in [0.717, 1.165) is 36.5 Å². The lowest BCUT2D eigenvalue weighted by Crippen LogP contribution is -2.26. The van der Waals surface area contributed by atoms with Gasteiger partial charge in [0.25, 0.3) is 0 Å². The van der Waals surface area contributed by atoms with Crippen molar-refractivity contribution in [3.05, 3.63) is 59.8 Å². The highest BCUT2D eigenvalue weighted by Gasteiger charge is 2.25. The second-order valence-corrected chi connectivity index (χ2v) is 6.85. The van der Waals surface area contributed by atoms with Crippen LogP contribution in [0.2, 0.25) is 0 Å². The number of aromatic nitrogens is 1.